The van der Waals surface area contributed by atoms with E-state index in [0.717, 1.165) is 5.56 Å². The van der Waals surface area contributed by atoms with Gasteiger partial charge in [-0.05, 0) is 24.1 Å². The first-order valence-corrected chi connectivity index (χ1v) is 9.41. The molecule has 0 aliphatic rings. The van der Waals surface area contributed by atoms with E-state index in [0.29, 0.717) is 35.7 Å². The lowest BCUT2D eigenvalue weighted by Gasteiger charge is -2.10. The maximum Gasteiger partial charge on any atom is 0.422 e. The van der Waals surface area contributed by atoms with Crippen LogP contribution in [0.5, 0.6) is 17.6 Å². The van der Waals surface area contributed by atoms with Crippen LogP contribution in [-0.4, -0.2) is 49.2 Å². The molecule has 0 radical (unpaired) electrons. The molecule has 0 spiro atoms. The number of halogens is 3. The molecule has 0 unspecified atom stereocenters. The summed E-state index contributed by atoms with van der Waals surface area (Å²) in [4.78, 5) is 24.4. The van der Waals surface area contributed by atoms with Gasteiger partial charge in [-0.3, -0.25) is 0 Å². The molecule has 32 heavy (non-hydrogen) atoms. The lowest BCUT2D eigenvalue weighted by atomic mass is 10.1. The fourth-order valence-electron chi connectivity index (χ4n) is 2.69. The number of ether oxygens (including phenoxy) is 2. The average molecular weight is 443 g/mol. The van der Waals surface area contributed by atoms with Crippen molar-refractivity contribution in [3.05, 3.63) is 60.8 Å². The van der Waals surface area contributed by atoms with E-state index < -0.39 is 12.8 Å². The number of fused-ring (bicyclic) bond motifs is 1. The molecule has 1 N–H and O–H groups in total. The van der Waals surface area contributed by atoms with Crippen LogP contribution in [0.2, 0.25) is 0 Å². The highest BCUT2D eigenvalue weighted by atomic mass is 19.4. The van der Waals surface area contributed by atoms with Crippen molar-refractivity contribution in [2.45, 2.75) is 12.6 Å². The van der Waals surface area contributed by atoms with E-state index in [1.165, 1.54) is 18.6 Å². The third kappa shape index (κ3) is 5.74. The summed E-state index contributed by atoms with van der Waals surface area (Å²) in [6.45, 7) is -0.839. The maximum atomic E-state index is 12.3. The number of benzene rings is 1. The number of hydrogen-bond acceptors (Lipinski definition) is 9. The van der Waals surface area contributed by atoms with Gasteiger partial charge in [0.1, 0.15) is 17.6 Å². The van der Waals surface area contributed by atoms with Gasteiger partial charge in [0, 0.05) is 31.2 Å². The molecule has 0 atom stereocenters. The van der Waals surface area contributed by atoms with Crippen molar-refractivity contribution in [1.29, 1.82) is 0 Å². The third-order valence-electron chi connectivity index (χ3n) is 4.10. The second-order valence-corrected chi connectivity index (χ2v) is 6.45. The van der Waals surface area contributed by atoms with E-state index in [9.17, 15) is 13.2 Å². The van der Waals surface area contributed by atoms with Crippen LogP contribution in [0.3, 0.4) is 0 Å². The zero-order valence-electron chi connectivity index (χ0n) is 16.5. The van der Waals surface area contributed by atoms with Gasteiger partial charge in [0.25, 0.3) is 0 Å². The van der Waals surface area contributed by atoms with Crippen molar-refractivity contribution < 1.29 is 22.6 Å². The number of nitrogens with one attached hydrogen (secondary N) is 1. The van der Waals surface area contributed by atoms with E-state index in [-0.39, 0.29) is 11.9 Å². The number of rotatable bonds is 8. The van der Waals surface area contributed by atoms with Crippen LogP contribution >= 0.6 is 0 Å². The fourth-order valence-corrected chi connectivity index (χ4v) is 2.69. The molecule has 3 heterocycles. The van der Waals surface area contributed by atoms with Gasteiger partial charge < -0.3 is 14.8 Å². The number of alkyl halides is 3. The predicted molar refractivity (Wildman–Crippen MR) is 107 cm³/mol. The molecule has 3 aromatic heterocycles. The molecule has 12 heteroatoms. The van der Waals surface area contributed by atoms with Gasteiger partial charge >= 0.3 is 12.2 Å². The summed E-state index contributed by atoms with van der Waals surface area (Å²) in [7, 11) is 0. The zero-order valence-corrected chi connectivity index (χ0v) is 16.5. The maximum absolute atomic E-state index is 12.3. The lowest BCUT2D eigenvalue weighted by Crippen LogP contribution is -2.19. The minimum Gasteiger partial charge on any atom is -0.468 e. The van der Waals surface area contributed by atoms with Crippen molar-refractivity contribution in [3.8, 4) is 17.6 Å². The van der Waals surface area contributed by atoms with Crippen LogP contribution in [0.25, 0.3) is 11.2 Å². The van der Waals surface area contributed by atoms with Gasteiger partial charge in [-0.15, -0.1) is 0 Å². The molecule has 0 amide bonds. The van der Waals surface area contributed by atoms with Gasteiger partial charge in [-0.2, -0.15) is 18.2 Å². The van der Waals surface area contributed by atoms with Crippen LogP contribution in [0.1, 0.15) is 5.56 Å². The Bertz CT molecular complexity index is 1180. The highest BCUT2D eigenvalue weighted by molar-refractivity contribution is 5.81. The van der Waals surface area contributed by atoms with Gasteiger partial charge in [0.15, 0.2) is 18.1 Å². The summed E-state index contributed by atoms with van der Waals surface area (Å²) >= 11 is 0. The predicted octanol–water partition coefficient (Wildman–Crippen LogP) is 3.60. The van der Waals surface area contributed by atoms with Crippen LogP contribution < -0.4 is 14.8 Å². The Morgan fingerprint density at radius 3 is 2.50 bits per heavy atom. The lowest BCUT2D eigenvalue weighted by molar-refractivity contribution is -0.154. The SMILES string of the molecule is FC(F)(F)COc1ccnc(Oc2ccc(CCNc3ncnc4nccnc34)cc2)n1. The summed E-state index contributed by atoms with van der Waals surface area (Å²) in [5.41, 5.74) is 2.14. The fraction of sp³-hybridized carbons (Fsp3) is 0.200. The molecule has 164 valence electrons. The molecular weight excluding hydrogens is 427 g/mol. The minimum atomic E-state index is -4.45. The van der Waals surface area contributed by atoms with E-state index in [1.807, 2.05) is 12.1 Å². The molecule has 0 aliphatic heterocycles. The normalized spacial score (nSPS) is 11.3. The Balaban J connectivity index is 1.31. The molecule has 1 aromatic carbocycles. The van der Waals surface area contributed by atoms with E-state index in [4.69, 9.17) is 4.74 Å². The smallest absolute Gasteiger partial charge is 0.422 e. The monoisotopic (exact) mass is 443 g/mol. The Morgan fingerprint density at radius 1 is 0.875 bits per heavy atom. The average Bonchev–Trinajstić information content (AvgIpc) is 2.79. The first-order valence-electron chi connectivity index (χ1n) is 9.41. The molecule has 4 rings (SSSR count). The Kier molecular flexibility index (Phi) is 6.19. The third-order valence-corrected chi connectivity index (χ3v) is 4.10. The molecule has 0 saturated heterocycles. The summed E-state index contributed by atoms with van der Waals surface area (Å²) in [5.74, 6) is 0.816. The second kappa shape index (κ2) is 9.37. The Labute approximate surface area is 179 Å². The van der Waals surface area contributed by atoms with E-state index >= 15 is 0 Å². The number of nitrogens with zero attached hydrogens (tertiary/aromatic N) is 6. The van der Waals surface area contributed by atoms with Crippen LogP contribution in [0.4, 0.5) is 19.0 Å². The number of anilines is 1. The molecule has 0 saturated carbocycles. The van der Waals surface area contributed by atoms with Crippen molar-refractivity contribution in [1.82, 2.24) is 29.9 Å². The van der Waals surface area contributed by atoms with Crippen molar-refractivity contribution >= 4 is 17.0 Å². The van der Waals surface area contributed by atoms with Crippen molar-refractivity contribution in [2.75, 3.05) is 18.5 Å². The molecule has 4 aromatic rings. The molecule has 0 aliphatic carbocycles. The molecule has 0 fully saturated rings. The topological polar surface area (TPSA) is 108 Å². The summed E-state index contributed by atoms with van der Waals surface area (Å²) < 4.78 is 46.9. The first-order chi connectivity index (χ1) is 15.5. The van der Waals surface area contributed by atoms with E-state index in [2.05, 4.69) is 40.0 Å². The quantitative estimate of drug-likeness (QED) is 0.437. The van der Waals surface area contributed by atoms with Crippen molar-refractivity contribution in [2.24, 2.45) is 0 Å². The summed E-state index contributed by atoms with van der Waals surface area (Å²) in [6.07, 6.45) is 2.08. The van der Waals surface area contributed by atoms with Crippen molar-refractivity contribution in [3.63, 3.8) is 0 Å². The molecular formula is C20H16F3N7O2. The molecule has 0 bridgehead atoms. The van der Waals surface area contributed by atoms with E-state index in [1.54, 1.807) is 24.5 Å². The molecule has 9 nitrogen and oxygen atoms in total. The summed E-state index contributed by atoms with van der Waals surface area (Å²) in [5, 5.41) is 3.22. The van der Waals surface area contributed by atoms with Gasteiger partial charge in [0.05, 0.1) is 0 Å². The summed E-state index contributed by atoms with van der Waals surface area (Å²) in [6, 6.07) is 8.26. The number of hydrogen-bond donors (Lipinski definition) is 1. The van der Waals surface area contributed by atoms with Gasteiger partial charge in [-0.25, -0.2) is 24.9 Å². The Hall–Kier alpha value is -4.09. The highest BCUT2D eigenvalue weighted by Crippen LogP contribution is 2.22. The largest absolute Gasteiger partial charge is 0.468 e. The highest BCUT2D eigenvalue weighted by Gasteiger charge is 2.28. The zero-order chi connectivity index (χ0) is 22.4. The Morgan fingerprint density at radius 2 is 1.69 bits per heavy atom. The van der Waals surface area contributed by atoms with Crippen LogP contribution in [0.15, 0.2) is 55.2 Å². The van der Waals surface area contributed by atoms with Gasteiger partial charge in [-0.1, -0.05) is 12.1 Å². The standard InChI is InChI=1S/C20H16F3N7O2/c21-20(22,23)11-31-15-6-8-27-19(30-15)32-14-3-1-13(2-4-14)5-7-25-17-16-18(29-12-28-17)26-10-9-24-16/h1-4,6,8-10,12H,5,7,11H2,(H,25,26,28,29). The first kappa shape index (κ1) is 21.2. The minimum absolute atomic E-state index is 0.115. The number of aromatic nitrogens is 6. The van der Waals surface area contributed by atoms with Crippen LogP contribution in [0, 0.1) is 0 Å². The second-order valence-electron chi connectivity index (χ2n) is 6.45. The van der Waals surface area contributed by atoms with Gasteiger partial charge in [0.2, 0.25) is 5.88 Å². The van der Waals surface area contributed by atoms with Crippen LogP contribution in [-0.2, 0) is 6.42 Å².